The van der Waals surface area contributed by atoms with E-state index in [0.29, 0.717) is 6.04 Å². The molecule has 84 valence electrons. The maximum Gasteiger partial charge on any atom is 0.208 e. The monoisotopic (exact) mass is 226 g/mol. The van der Waals surface area contributed by atoms with Crippen LogP contribution in [0, 0.1) is 11.5 Å². The zero-order valence-corrected chi connectivity index (χ0v) is 10.4. The summed E-state index contributed by atoms with van der Waals surface area (Å²) in [4.78, 5) is 8.46. The Morgan fingerprint density at radius 1 is 1.33 bits per heavy atom. The fraction of sp³-hybridized carbons (Fsp3) is 0.800. The second kappa shape index (κ2) is 5.99. The van der Waals surface area contributed by atoms with Gasteiger partial charge in [-0.25, -0.2) is 0 Å². The predicted molar refractivity (Wildman–Crippen MR) is 64.8 cm³/mol. The van der Waals surface area contributed by atoms with E-state index in [1.807, 2.05) is 12.4 Å². The van der Waals surface area contributed by atoms with Gasteiger partial charge < -0.3 is 4.90 Å². The number of hydrogen-bond acceptors (Lipinski definition) is 4. The number of piperazine rings is 1. The van der Waals surface area contributed by atoms with Crippen LogP contribution < -0.4 is 0 Å². The smallest absolute Gasteiger partial charge is 0.208 e. The van der Waals surface area contributed by atoms with Crippen LogP contribution >= 0.6 is 11.8 Å². The molecule has 1 aliphatic rings. The molecule has 0 unspecified atom stereocenters. The van der Waals surface area contributed by atoms with Gasteiger partial charge in [-0.2, -0.15) is 5.26 Å². The Balaban J connectivity index is 2.50. The molecule has 0 saturated carbocycles. The molecule has 0 aromatic rings. The van der Waals surface area contributed by atoms with Crippen molar-refractivity contribution in [2.24, 2.45) is 4.99 Å². The van der Waals surface area contributed by atoms with Crippen molar-refractivity contribution >= 4 is 16.9 Å². The predicted octanol–water partition coefficient (Wildman–Crippen LogP) is 1.21. The zero-order valence-electron chi connectivity index (χ0n) is 9.60. The third-order valence-corrected chi connectivity index (χ3v) is 3.36. The molecule has 1 fully saturated rings. The first-order valence-electron chi connectivity index (χ1n) is 5.18. The molecule has 0 radical (unpaired) electrons. The first-order valence-corrected chi connectivity index (χ1v) is 6.41. The van der Waals surface area contributed by atoms with Gasteiger partial charge >= 0.3 is 0 Å². The highest BCUT2D eigenvalue weighted by molar-refractivity contribution is 8.13. The van der Waals surface area contributed by atoms with Crippen LogP contribution in [-0.4, -0.2) is 53.4 Å². The molecule has 1 rings (SSSR count). The van der Waals surface area contributed by atoms with Crippen molar-refractivity contribution < 1.29 is 0 Å². The number of amidine groups is 1. The van der Waals surface area contributed by atoms with Crippen LogP contribution in [0.5, 0.6) is 0 Å². The molecule has 1 saturated heterocycles. The lowest BCUT2D eigenvalue weighted by molar-refractivity contribution is 0.150. The van der Waals surface area contributed by atoms with E-state index in [2.05, 4.69) is 28.6 Å². The molecular formula is C10H18N4S. The Morgan fingerprint density at radius 3 is 2.33 bits per heavy atom. The van der Waals surface area contributed by atoms with Gasteiger partial charge in [0.1, 0.15) is 0 Å². The molecule has 0 bridgehead atoms. The summed E-state index contributed by atoms with van der Waals surface area (Å²) in [7, 11) is 0. The molecule has 1 aliphatic heterocycles. The lowest BCUT2D eigenvalue weighted by atomic mass is 10.2. The van der Waals surface area contributed by atoms with Gasteiger partial charge in [0.25, 0.3) is 0 Å². The highest BCUT2D eigenvalue weighted by Gasteiger charge is 2.20. The summed E-state index contributed by atoms with van der Waals surface area (Å²) < 4.78 is 0. The van der Waals surface area contributed by atoms with Gasteiger partial charge in [0.2, 0.25) is 6.19 Å². The van der Waals surface area contributed by atoms with Crippen molar-refractivity contribution in [3.05, 3.63) is 0 Å². The molecule has 0 spiro atoms. The van der Waals surface area contributed by atoms with E-state index in [1.54, 1.807) is 11.8 Å². The Kier molecular flexibility index (Phi) is 4.92. The van der Waals surface area contributed by atoms with E-state index in [0.717, 1.165) is 31.3 Å². The average Bonchev–Trinajstić information content (AvgIpc) is 2.26. The van der Waals surface area contributed by atoms with Gasteiger partial charge in [-0.1, -0.05) is 11.8 Å². The molecule has 0 aromatic carbocycles. The van der Waals surface area contributed by atoms with Crippen LogP contribution in [0.2, 0.25) is 0 Å². The molecule has 0 aliphatic carbocycles. The summed E-state index contributed by atoms with van der Waals surface area (Å²) >= 11 is 1.55. The third-order valence-electron chi connectivity index (χ3n) is 2.64. The Hall–Kier alpha value is -0.730. The number of nitrogens with zero attached hydrogens (tertiary/aromatic N) is 4. The summed E-state index contributed by atoms with van der Waals surface area (Å²) in [5.74, 6) is 0. The Bertz CT molecular complexity index is 261. The maximum atomic E-state index is 8.55. The van der Waals surface area contributed by atoms with Crippen LogP contribution in [0.15, 0.2) is 4.99 Å². The van der Waals surface area contributed by atoms with Gasteiger partial charge in [-0.05, 0) is 20.1 Å². The van der Waals surface area contributed by atoms with Crippen molar-refractivity contribution in [3.8, 4) is 6.19 Å². The van der Waals surface area contributed by atoms with Crippen molar-refractivity contribution in [3.63, 3.8) is 0 Å². The normalized spacial score (nSPS) is 19.4. The molecule has 0 amide bonds. The molecule has 0 aromatic heterocycles. The molecule has 0 N–H and O–H groups in total. The third kappa shape index (κ3) is 3.40. The lowest BCUT2D eigenvalue weighted by Gasteiger charge is -2.37. The fourth-order valence-electron chi connectivity index (χ4n) is 1.72. The molecule has 4 nitrogen and oxygen atoms in total. The minimum Gasteiger partial charge on any atom is -0.348 e. The Labute approximate surface area is 95.9 Å². The SMILES string of the molecule is CSC(=NC#N)N1CCN(C(C)C)CC1. The standard InChI is InChI=1S/C10H18N4S/c1-9(2)13-4-6-14(7-5-13)10(15-3)12-8-11/h9H,4-7H2,1-3H3. The number of rotatable bonds is 1. The molecule has 1 heterocycles. The topological polar surface area (TPSA) is 42.6 Å². The summed E-state index contributed by atoms with van der Waals surface area (Å²) in [5.41, 5.74) is 0. The van der Waals surface area contributed by atoms with Crippen molar-refractivity contribution in [1.82, 2.24) is 9.80 Å². The highest BCUT2D eigenvalue weighted by atomic mass is 32.2. The number of aliphatic imine (C=N–C) groups is 1. The summed E-state index contributed by atoms with van der Waals surface area (Å²) in [6.07, 6.45) is 3.83. The molecule has 0 atom stereocenters. The zero-order chi connectivity index (χ0) is 11.3. The van der Waals surface area contributed by atoms with Gasteiger partial charge in [0.15, 0.2) is 5.17 Å². The molecule has 5 heteroatoms. The van der Waals surface area contributed by atoms with Crippen molar-refractivity contribution in [2.75, 3.05) is 32.4 Å². The van der Waals surface area contributed by atoms with Gasteiger partial charge in [-0.15, -0.1) is 4.99 Å². The van der Waals surface area contributed by atoms with Crippen LogP contribution in [0.1, 0.15) is 13.8 Å². The van der Waals surface area contributed by atoms with Gasteiger partial charge in [0.05, 0.1) is 0 Å². The number of nitriles is 1. The van der Waals surface area contributed by atoms with Crippen molar-refractivity contribution in [1.29, 1.82) is 5.26 Å². The average molecular weight is 226 g/mol. The summed E-state index contributed by atoms with van der Waals surface area (Å²) in [6, 6.07) is 0.609. The molecular weight excluding hydrogens is 208 g/mol. The van der Waals surface area contributed by atoms with E-state index >= 15 is 0 Å². The van der Waals surface area contributed by atoms with E-state index in [9.17, 15) is 0 Å². The fourth-order valence-corrected chi connectivity index (χ4v) is 2.29. The molecule has 15 heavy (non-hydrogen) atoms. The van der Waals surface area contributed by atoms with Crippen molar-refractivity contribution in [2.45, 2.75) is 19.9 Å². The first-order chi connectivity index (χ1) is 7.19. The van der Waals surface area contributed by atoms with E-state index in [1.165, 1.54) is 0 Å². The van der Waals surface area contributed by atoms with Crippen LogP contribution in [-0.2, 0) is 0 Å². The number of thioether (sulfide) groups is 1. The minimum atomic E-state index is 0.609. The Morgan fingerprint density at radius 2 is 1.93 bits per heavy atom. The quantitative estimate of drug-likeness (QED) is 0.383. The van der Waals surface area contributed by atoms with E-state index in [4.69, 9.17) is 5.26 Å². The second-order valence-corrected chi connectivity index (χ2v) is 4.59. The van der Waals surface area contributed by atoms with Gasteiger partial charge in [-0.3, -0.25) is 4.90 Å². The maximum absolute atomic E-state index is 8.55. The summed E-state index contributed by atoms with van der Waals surface area (Å²) in [6.45, 7) is 8.49. The number of hydrogen-bond donors (Lipinski definition) is 0. The minimum absolute atomic E-state index is 0.609. The second-order valence-electron chi connectivity index (χ2n) is 3.82. The van der Waals surface area contributed by atoms with Crippen LogP contribution in [0.4, 0.5) is 0 Å². The first kappa shape index (κ1) is 12.3. The summed E-state index contributed by atoms with van der Waals surface area (Å²) in [5, 5.41) is 9.40. The largest absolute Gasteiger partial charge is 0.348 e. The lowest BCUT2D eigenvalue weighted by Crippen LogP contribution is -2.50. The van der Waals surface area contributed by atoms with Crippen LogP contribution in [0.25, 0.3) is 0 Å². The van der Waals surface area contributed by atoms with Gasteiger partial charge in [0, 0.05) is 32.2 Å². The van der Waals surface area contributed by atoms with Crippen LogP contribution in [0.3, 0.4) is 0 Å². The highest BCUT2D eigenvalue weighted by Crippen LogP contribution is 2.11. The van der Waals surface area contributed by atoms with E-state index < -0.39 is 0 Å². The van der Waals surface area contributed by atoms with E-state index in [-0.39, 0.29) is 0 Å².